The Morgan fingerprint density at radius 1 is 0.917 bits per heavy atom. The summed E-state index contributed by atoms with van der Waals surface area (Å²) in [5.41, 5.74) is 2.02. The van der Waals surface area contributed by atoms with Crippen LogP contribution in [0.15, 0.2) is 60.7 Å². The maximum absolute atomic E-state index is 12.5. The largest absolute Gasteiger partial charge is 0.348 e. The summed E-state index contributed by atoms with van der Waals surface area (Å²) in [5.74, 6) is 0.0293. The van der Waals surface area contributed by atoms with Crippen molar-refractivity contribution in [2.24, 2.45) is 0 Å². The van der Waals surface area contributed by atoms with E-state index in [0.29, 0.717) is 6.04 Å². The summed E-state index contributed by atoms with van der Waals surface area (Å²) in [4.78, 5) is 12.5. The van der Waals surface area contributed by atoms with E-state index in [1.165, 1.54) is 18.4 Å². The van der Waals surface area contributed by atoms with Crippen molar-refractivity contribution in [3.63, 3.8) is 0 Å². The van der Waals surface area contributed by atoms with Gasteiger partial charge >= 0.3 is 0 Å². The van der Waals surface area contributed by atoms with E-state index in [2.05, 4.69) is 41.8 Å². The summed E-state index contributed by atoms with van der Waals surface area (Å²) < 4.78 is 0. The summed E-state index contributed by atoms with van der Waals surface area (Å²) in [7, 11) is 0. The van der Waals surface area contributed by atoms with Crippen LogP contribution in [0.25, 0.3) is 0 Å². The molecule has 3 rings (SSSR count). The monoisotopic (exact) mass is 322 g/mol. The molecular weight excluding hydrogens is 296 g/mol. The molecule has 2 aromatic rings. The molecule has 126 valence electrons. The number of carbonyl (C=O) groups excluding carboxylic acids is 1. The molecule has 24 heavy (non-hydrogen) atoms. The molecule has 3 atom stereocenters. The quantitative estimate of drug-likeness (QED) is 0.871. The van der Waals surface area contributed by atoms with Gasteiger partial charge in [0, 0.05) is 23.7 Å². The fourth-order valence-corrected chi connectivity index (χ4v) is 3.50. The van der Waals surface area contributed by atoms with Crippen molar-refractivity contribution in [3.05, 3.63) is 71.8 Å². The lowest BCUT2D eigenvalue weighted by Gasteiger charge is -2.35. The minimum absolute atomic E-state index is 0.0293. The van der Waals surface area contributed by atoms with Crippen LogP contribution in [0.5, 0.6) is 0 Å². The van der Waals surface area contributed by atoms with Crippen molar-refractivity contribution in [1.82, 2.24) is 10.6 Å². The lowest BCUT2D eigenvalue weighted by molar-refractivity contribution is 0.0913. The van der Waals surface area contributed by atoms with Gasteiger partial charge in [0.2, 0.25) is 0 Å². The van der Waals surface area contributed by atoms with Gasteiger partial charge in [0.25, 0.3) is 5.91 Å². The van der Waals surface area contributed by atoms with Crippen LogP contribution in [0.1, 0.15) is 54.6 Å². The summed E-state index contributed by atoms with van der Waals surface area (Å²) in [6, 6.07) is 20.8. The molecule has 3 nitrogen and oxygen atoms in total. The lowest BCUT2D eigenvalue weighted by Crippen LogP contribution is -2.52. The summed E-state index contributed by atoms with van der Waals surface area (Å²) in [5, 5.41) is 6.97. The normalized spacial score (nSPS) is 21.9. The van der Waals surface area contributed by atoms with Gasteiger partial charge in [0.1, 0.15) is 0 Å². The number of benzene rings is 2. The summed E-state index contributed by atoms with van der Waals surface area (Å²) in [6.45, 7) is 2.19. The zero-order valence-corrected chi connectivity index (χ0v) is 14.2. The van der Waals surface area contributed by atoms with Crippen molar-refractivity contribution in [2.75, 3.05) is 0 Å². The molecule has 0 aromatic heterocycles. The predicted molar refractivity (Wildman–Crippen MR) is 97.9 cm³/mol. The third-order valence-electron chi connectivity index (χ3n) is 4.88. The second-order valence-electron chi connectivity index (χ2n) is 6.64. The molecule has 3 heteroatoms. The molecule has 0 radical (unpaired) electrons. The minimum Gasteiger partial charge on any atom is -0.348 e. The Bertz CT molecular complexity index is 641. The number of nitrogens with one attached hydrogen (secondary N) is 2. The topological polar surface area (TPSA) is 41.1 Å². The fraction of sp³-hybridized carbons (Fsp3) is 0.381. The van der Waals surface area contributed by atoms with Crippen LogP contribution in [-0.2, 0) is 0 Å². The first-order chi connectivity index (χ1) is 11.7. The smallest absolute Gasteiger partial charge is 0.251 e. The molecule has 0 heterocycles. The molecule has 1 fully saturated rings. The molecule has 0 bridgehead atoms. The minimum atomic E-state index is 0.0293. The van der Waals surface area contributed by atoms with E-state index in [9.17, 15) is 4.79 Å². The van der Waals surface area contributed by atoms with Crippen molar-refractivity contribution < 1.29 is 4.79 Å². The molecule has 0 unspecified atom stereocenters. The molecule has 1 amide bonds. The first kappa shape index (κ1) is 16.7. The van der Waals surface area contributed by atoms with Gasteiger partial charge in [-0.15, -0.1) is 0 Å². The molecule has 2 N–H and O–H groups in total. The van der Waals surface area contributed by atoms with E-state index < -0.39 is 0 Å². The number of hydrogen-bond donors (Lipinski definition) is 2. The average Bonchev–Trinajstić information content (AvgIpc) is 2.64. The lowest BCUT2D eigenvalue weighted by atomic mass is 9.89. The maximum Gasteiger partial charge on any atom is 0.251 e. The highest BCUT2D eigenvalue weighted by atomic mass is 16.1. The van der Waals surface area contributed by atoms with Gasteiger partial charge in [-0.3, -0.25) is 4.79 Å². The van der Waals surface area contributed by atoms with Crippen LogP contribution >= 0.6 is 0 Å². The Morgan fingerprint density at radius 2 is 1.50 bits per heavy atom. The van der Waals surface area contributed by atoms with Gasteiger partial charge in [-0.2, -0.15) is 0 Å². The van der Waals surface area contributed by atoms with Gasteiger partial charge < -0.3 is 10.6 Å². The van der Waals surface area contributed by atoms with E-state index >= 15 is 0 Å². The molecule has 1 saturated carbocycles. The molecule has 0 spiro atoms. The fourth-order valence-electron chi connectivity index (χ4n) is 3.50. The van der Waals surface area contributed by atoms with E-state index in [1.54, 1.807) is 0 Å². The van der Waals surface area contributed by atoms with Crippen LogP contribution in [0.3, 0.4) is 0 Å². The molecule has 0 aliphatic heterocycles. The SMILES string of the molecule is C[C@H](N[C@@H]1CCCC[C@H]1NC(=O)c1ccccc1)c1ccccc1. The van der Waals surface area contributed by atoms with E-state index in [4.69, 9.17) is 0 Å². The standard InChI is InChI=1S/C21H26N2O/c1-16(17-10-4-2-5-11-17)22-19-14-8-9-15-20(19)23-21(24)18-12-6-3-7-13-18/h2-7,10-13,16,19-20,22H,8-9,14-15H2,1H3,(H,23,24)/t16-,19+,20+/m0/s1. The highest BCUT2D eigenvalue weighted by molar-refractivity contribution is 5.94. The number of hydrogen-bond acceptors (Lipinski definition) is 2. The highest BCUT2D eigenvalue weighted by Gasteiger charge is 2.27. The van der Waals surface area contributed by atoms with Gasteiger partial charge in [-0.1, -0.05) is 61.4 Å². The van der Waals surface area contributed by atoms with Crippen LogP contribution in [0, 0.1) is 0 Å². The second-order valence-corrected chi connectivity index (χ2v) is 6.64. The predicted octanol–water partition coefficient (Wildman–Crippen LogP) is 4.08. The third kappa shape index (κ3) is 4.24. The van der Waals surface area contributed by atoms with Crippen molar-refractivity contribution in [2.45, 2.75) is 50.7 Å². The number of carbonyl (C=O) groups is 1. The first-order valence-corrected chi connectivity index (χ1v) is 8.91. The van der Waals surface area contributed by atoms with Gasteiger partial charge in [-0.05, 0) is 37.5 Å². The Labute approximate surface area is 144 Å². The van der Waals surface area contributed by atoms with Gasteiger partial charge in [0.15, 0.2) is 0 Å². The average molecular weight is 322 g/mol. The van der Waals surface area contributed by atoms with Crippen LogP contribution in [0.2, 0.25) is 0 Å². The second kappa shape index (κ2) is 8.11. The molecule has 2 aromatic carbocycles. The van der Waals surface area contributed by atoms with Crippen LogP contribution < -0.4 is 10.6 Å². The number of rotatable bonds is 5. The molecule has 0 saturated heterocycles. The van der Waals surface area contributed by atoms with E-state index in [0.717, 1.165) is 18.4 Å². The van der Waals surface area contributed by atoms with Crippen molar-refractivity contribution in [3.8, 4) is 0 Å². The third-order valence-corrected chi connectivity index (χ3v) is 4.88. The zero-order valence-electron chi connectivity index (χ0n) is 14.2. The highest BCUT2D eigenvalue weighted by Crippen LogP contribution is 2.22. The van der Waals surface area contributed by atoms with E-state index in [1.807, 2.05) is 36.4 Å². The Kier molecular flexibility index (Phi) is 5.65. The zero-order chi connectivity index (χ0) is 16.8. The summed E-state index contributed by atoms with van der Waals surface area (Å²) in [6.07, 6.45) is 4.54. The number of amides is 1. The van der Waals surface area contributed by atoms with Crippen molar-refractivity contribution >= 4 is 5.91 Å². The van der Waals surface area contributed by atoms with Crippen molar-refractivity contribution in [1.29, 1.82) is 0 Å². The van der Waals surface area contributed by atoms with Crippen LogP contribution in [0.4, 0.5) is 0 Å². The Balaban J connectivity index is 1.64. The molecule has 1 aliphatic carbocycles. The Hall–Kier alpha value is -2.13. The van der Waals surface area contributed by atoms with E-state index in [-0.39, 0.29) is 18.0 Å². The van der Waals surface area contributed by atoms with Crippen LogP contribution in [-0.4, -0.2) is 18.0 Å². The summed E-state index contributed by atoms with van der Waals surface area (Å²) >= 11 is 0. The molecular formula is C21H26N2O. The molecule has 1 aliphatic rings. The van der Waals surface area contributed by atoms with Gasteiger partial charge in [0.05, 0.1) is 0 Å². The Morgan fingerprint density at radius 3 is 2.17 bits per heavy atom. The van der Waals surface area contributed by atoms with Gasteiger partial charge in [-0.25, -0.2) is 0 Å². The maximum atomic E-state index is 12.5. The first-order valence-electron chi connectivity index (χ1n) is 8.91.